The lowest BCUT2D eigenvalue weighted by molar-refractivity contribution is -0.109. The van der Waals surface area contributed by atoms with E-state index in [2.05, 4.69) is 5.84 Å². The van der Waals surface area contributed by atoms with Crippen LogP contribution in [0, 0.1) is 0 Å². The lowest BCUT2D eigenvalue weighted by Gasteiger charge is -1.66. The Balaban J connectivity index is 2.85. The van der Waals surface area contributed by atoms with Crippen LogP contribution >= 0.6 is 0 Å². The molecule has 0 atom stereocenters. The third-order valence-corrected chi connectivity index (χ3v) is 0.0589. The molecule has 4 heavy (non-hydrogen) atoms. The zero-order valence-electron chi connectivity index (χ0n) is 2.99. The fourth-order valence-electron chi connectivity index (χ4n) is 0. The lowest BCUT2D eigenvalue weighted by Crippen LogP contribution is -2.18. The van der Waals surface area contributed by atoms with E-state index in [1.54, 1.807) is 5.43 Å². The van der Waals surface area contributed by atoms with Crippen LogP contribution in [0.2, 0.25) is 0 Å². The van der Waals surface area contributed by atoms with Crippen molar-refractivity contribution >= 4 is 6.39 Å². The van der Waals surface area contributed by atoms with Crippen molar-refractivity contribution in [1.82, 2.24) is 5.43 Å². The molecule has 0 radical (unpaired) electrons. The topological polar surface area (TPSA) is 55.1 Å². The standard InChI is InChI=1S/CH4N2O/c2-3-1-4/h1H,2H2,(H,3,4)/i1D. The molecule has 0 spiro atoms. The van der Waals surface area contributed by atoms with E-state index in [1.807, 2.05) is 0 Å². The molecule has 0 aliphatic rings. The Hall–Kier alpha value is -0.570. The minimum absolute atomic E-state index is 0.968. The molecule has 0 aromatic rings. The van der Waals surface area contributed by atoms with Gasteiger partial charge in [0.05, 0.1) is 0 Å². The molecular formula is CH4N2O. The predicted octanol–water partition coefficient (Wildman–Crippen LogP) is -1.39. The Labute approximate surface area is 25.2 Å². The average molecular weight is 61.1 g/mol. The Bertz CT molecular complexity index is 44.9. The first-order valence-electron chi connectivity index (χ1n) is 1.24. The van der Waals surface area contributed by atoms with Crippen molar-refractivity contribution in [2.24, 2.45) is 5.84 Å². The number of carbonyl (C=O) groups excluding carboxylic acids is 1. The monoisotopic (exact) mass is 61.0 g/mol. The maximum absolute atomic E-state index is 9.24. The van der Waals surface area contributed by atoms with E-state index in [1.165, 1.54) is 0 Å². The van der Waals surface area contributed by atoms with Gasteiger partial charge in [-0.1, -0.05) is 0 Å². The molecule has 3 N–H and O–H groups in total. The molecule has 0 rings (SSSR count). The number of amides is 1. The molecule has 0 heterocycles. The fraction of sp³-hybridized carbons (Fsp3) is 0. The lowest BCUT2D eigenvalue weighted by atomic mass is 11.4. The van der Waals surface area contributed by atoms with Crippen LogP contribution in [0.3, 0.4) is 0 Å². The van der Waals surface area contributed by atoms with Gasteiger partial charge in [-0.15, -0.1) is 0 Å². The highest BCUT2D eigenvalue weighted by molar-refractivity contribution is 5.44. The molecule has 0 fully saturated rings. The summed E-state index contributed by atoms with van der Waals surface area (Å²) in [5, 5.41) is 0. The number of rotatable bonds is 0. The summed E-state index contributed by atoms with van der Waals surface area (Å²) in [4.78, 5) is 9.24. The largest absolute Gasteiger partial charge is 0.297 e. The molecular weight excluding hydrogens is 56.0 g/mol. The van der Waals surface area contributed by atoms with Gasteiger partial charge < -0.3 is 0 Å². The average Bonchev–Trinajstić information content (AvgIpc) is 1.38. The maximum Gasteiger partial charge on any atom is 0.221 e. The van der Waals surface area contributed by atoms with Crippen LogP contribution in [0.5, 0.6) is 0 Å². The molecule has 0 bridgehead atoms. The minimum atomic E-state index is -0.968. The van der Waals surface area contributed by atoms with Crippen LogP contribution in [0.4, 0.5) is 0 Å². The van der Waals surface area contributed by atoms with Crippen LogP contribution in [0.1, 0.15) is 1.37 Å². The van der Waals surface area contributed by atoms with Crippen molar-refractivity contribution in [3.05, 3.63) is 0 Å². The summed E-state index contributed by atoms with van der Waals surface area (Å²) >= 11 is 0. The molecule has 0 saturated heterocycles. The van der Waals surface area contributed by atoms with Gasteiger partial charge in [-0.3, -0.25) is 10.2 Å². The maximum atomic E-state index is 9.24. The van der Waals surface area contributed by atoms with Gasteiger partial charge in [0.15, 0.2) is 0 Å². The Morgan fingerprint density at radius 1 is 2.50 bits per heavy atom. The van der Waals surface area contributed by atoms with Crippen LogP contribution in [0.15, 0.2) is 0 Å². The van der Waals surface area contributed by atoms with Crippen molar-refractivity contribution < 1.29 is 6.17 Å². The van der Waals surface area contributed by atoms with Gasteiger partial charge >= 0.3 is 0 Å². The predicted molar refractivity (Wildman–Crippen MR) is 13.4 cm³/mol. The first kappa shape index (κ1) is 1.72. The minimum Gasteiger partial charge on any atom is -0.297 e. The van der Waals surface area contributed by atoms with E-state index in [4.69, 9.17) is 1.37 Å². The number of nitrogens with one attached hydrogen (secondary N) is 1. The fourth-order valence-corrected chi connectivity index (χ4v) is 0. The van der Waals surface area contributed by atoms with Gasteiger partial charge in [0.2, 0.25) is 6.39 Å². The number of nitrogens with two attached hydrogens (primary N) is 1. The summed E-state index contributed by atoms with van der Waals surface area (Å²) in [6.45, 7) is 0. The summed E-state index contributed by atoms with van der Waals surface area (Å²) in [5.74, 6) is 4.38. The molecule has 0 saturated carbocycles. The zero-order valence-corrected chi connectivity index (χ0v) is 1.99. The van der Waals surface area contributed by atoms with Gasteiger partial charge in [-0.25, -0.2) is 5.84 Å². The molecule has 0 unspecified atom stereocenters. The van der Waals surface area contributed by atoms with Gasteiger partial charge in [-0.05, 0) is 0 Å². The second kappa shape index (κ2) is 2.43. The second-order valence-electron chi connectivity index (χ2n) is 0.246. The van der Waals surface area contributed by atoms with E-state index in [0.717, 1.165) is 0 Å². The second-order valence-corrected chi connectivity index (χ2v) is 0.246. The number of hydrogen-bond acceptors (Lipinski definition) is 2. The molecule has 0 aromatic heterocycles. The number of carbonyl (C=O) groups is 1. The molecule has 24 valence electrons. The van der Waals surface area contributed by atoms with E-state index in [9.17, 15) is 4.79 Å². The van der Waals surface area contributed by atoms with E-state index in [-0.39, 0.29) is 0 Å². The van der Waals surface area contributed by atoms with E-state index >= 15 is 0 Å². The van der Waals surface area contributed by atoms with Crippen LogP contribution < -0.4 is 11.3 Å². The third-order valence-electron chi connectivity index (χ3n) is 0.0589. The zero-order chi connectivity index (χ0) is 4.28. The molecule has 3 nitrogen and oxygen atoms in total. The van der Waals surface area contributed by atoms with Crippen LogP contribution in [-0.4, -0.2) is 6.39 Å². The summed E-state index contributed by atoms with van der Waals surface area (Å²) < 4.78 is 5.95. The Morgan fingerprint density at radius 2 is 2.75 bits per heavy atom. The molecule has 0 aliphatic heterocycles. The van der Waals surface area contributed by atoms with Gasteiger partial charge in [0.25, 0.3) is 0 Å². The molecule has 0 aliphatic carbocycles. The number of hydrazine groups is 1. The molecule has 0 aromatic carbocycles. The van der Waals surface area contributed by atoms with Gasteiger partial charge in [-0.2, -0.15) is 0 Å². The van der Waals surface area contributed by atoms with Crippen molar-refractivity contribution in [2.45, 2.75) is 0 Å². The van der Waals surface area contributed by atoms with Crippen LogP contribution in [0.25, 0.3) is 0 Å². The normalized spacial score (nSPS) is 8.75. The van der Waals surface area contributed by atoms with Crippen molar-refractivity contribution in [2.75, 3.05) is 0 Å². The van der Waals surface area contributed by atoms with Crippen molar-refractivity contribution in [1.29, 1.82) is 0 Å². The first-order chi connectivity index (χ1) is 2.27. The summed E-state index contributed by atoms with van der Waals surface area (Å²) in [6, 6.07) is 0. The van der Waals surface area contributed by atoms with Crippen molar-refractivity contribution in [3.63, 3.8) is 0 Å². The summed E-state index contributed by atoms with van der Waals surface area (Å²) in [7, 11) is 0. The van der Waals surface area contributed by atoms with E-state index in [0.29, 0.717) is 0 Å². The van der Waals surface area contributed by atoms with Gasteiger partial charge in [0, 0.05) is 0 Å². The van der Waals surface area contributed by atoms with Crippen molar-refractivity contribution in [3.8, 4) is 0 Å². The van der Waals surface area contributed by atoms with Crippen LogP contribution in [-0.2, 0) is 4.79 Å². The van der Waals surface area contributed by atoms with E-state index < -0.39 is 6.39 Å². The van der Waals surface area contributed by atoms with Gasteiger partial charge in [0.1, 0.15) is 1.37 Å². The summed E-state index contributed by atoms with van der Waals surface area (Å²) in [5.41, 5.74) is 1.56. The Morgan fingerprint density at radius 3 is 2.75 bits per heavy atom. The molecule has 1 amide bonds. The smallest absolute Gasteiger partial charge is 0.221 e. The highest BCUT2D eigenvalue weighted by Gasteiger charge is 1.42. The molecule has 3 heteroatoms. The highest BCUT2D eigenvalue weighted by atomic mass is 16.1. The third kappa shape index (κ3) is 1.43. The highest BCUT2D eigenvalue weighted by Crippen LogP contribution is 0.992. The Kier molecular flexibility index (Phi) is 1.05. The quantitative estimate of drug-likeness (QED) is 0.157. The first-order valence-corrected chi connectivity index (χ1v) is 0.743. The summed E-state index contributed by atoms with van der Waals surface area (Å²) in [6.07, 6.45) is -0.968. The number of hydrogen-bond donors (Lipinski definition) is 2. The SMILES string of the molecule is [2H]C(=O)NN.